The zero-order chi connectivity index (χ0) is 30.5. The van der Waals surface area contributed by atoms with Crippen LogP contribution in [0.25, 0.3) is 22.0 Å². The Kier molecular flexibility index (Phi) is 8.65. The number of aromatic nitrogens is 3. The minimum atomic E-state index is -0.183. The van der Waals surface area contributed by atoms with Crippen molar-refractivity contribution in [1.29, 1.82) is 0 Å². The number of fused-ring (bicyclic) bond motifs is 1. The molecule has 2 N–H and O–H groups in total. The molecule has 0 unspecified atom stereocenters. The molecule has 0 bridgehead atoms. The molecule has 44 heavy (non-hydrogen) atoms. The van der Waals surface area contributed by atoms with Crippen LogP contribution in [0.4, 0.5) is 17.5 Å². The molecule has 224 valence electrons. The number of likely N-dealkylation sites (N-methyl/N-ethyl adjacent to an activating group) is 1. The molecule has 1 fully saturated rings. The maximum atomic E-state index is 13.3. The van der Waals surface area contributed by atoms with E-state index in [-0.39, 0.29) is 11.9 Å². The first-order chi connectivity index (χ1) is 21.4. The second-order valence-corrected chi connectivity index (χ2v) is 11.4. The topological polar surface area (TPSA) is 95.5 Å². The molecule has 2 aromatic heterocycles. The van der Waals surface area contributed by atoms with Gasteiger partial charge in [0.05, 0.1) is 5.52 Å². The molecule has 1 saturated heterocycles. The summed E-state index contributed by atoms with van der Waals surface area (Å²) in [7, 11) is 2.12. The van der Waals surface area contributed by atoms with Gasteiger partial charge in [0.15, 0.2) is 0 Å². The number of pyridine rings is 1. The van der Waals surface area contributed by atoms with E-state index in [9.17, 15) is 4.79 Å². The van der Waals surface area contributed by atoms with Crippen molar-refractivity contribution in [2.45, 2.75) is 26.5 Å². The lowest BCUT2D eigenvalue weighted by Crippen LogP contribution is -2.44. The van der Waals surface area contributed by atoms with Crippen molar-refractivity contribution in [3.05, 3.63) is 102 Å². The predicted molar refractivity (Wildman–Crippen MR) is 176 cm³/mol. The third-order valence-electron chi connectivity index (χ3n) is 7.60. The number of benzene rings is 3. The van der Waals surface area contributed by atoms with E-state index >= 15 is 0 Å². The van der Waals surface area contributed by atoms with Gasteiger partial charge in [0, 0.05) is 72.9 Å². The van der Waals surface area contributed by atoms with E-state index in [1.54, 1.807) is 12.3 Å². The van der Waals surface area contributed by atoms with Crippen molar-refractivity contribution < 1.29 is 9.53 Å². The Balaban J connectivity index is 1.28. The van der Waals surface area contributed by atoms with E-state index in [4.69, 9.17) is 9.72 Å². The van der Waals surface area contributed by atoms with Gasteiger partial charge >= 0.3 is 0 Å². The van der Waals surface area contributed by atoms with Crippen LogP contribution in [0, 0.1) is 0 Å². The molecule has 9 heteroatoms. The van der Waals surface area contributed by atoms with E-state index < -0.39 is 0 Å². The maximum Gasteiger partial charge on any atom is 0.255 e. The largest absolute Gasteiger partial charge is 0.488 e. The summed E-state index contributed by atoms with van der Waals surface area (Å²) in [5, 5.41) is 7.24. The number of rotatable bonds is 9. The molecule has 1 aliphatic heterocycles. The highest BCUT2D eigenvalue weighted by atomic mass is 16.5. The lowest BCUT2D eigenvalue weighted by atomic mass is 10.0. The monoisotopic (exact) mass is 587 g/mol. The van der Waals surface area contributed by atoms with Crippen LogP contribution in [-0.2, 0) is 6.61 Å². The van der Waals surface area contributed by atoms with E-state index in [2.05, 4.69) is 51.3 Å². The molecular formula is C35H37N7O2. The number of ether oxygens (including phenoxy) is 1. The van der Waals surface area contributed by atoms with Gasteiger partial charge in [0.25, 0.3) is 5.91 Å². The van der Waals surface area contributed by atoms with Crippen LogP contribution < -0.4 is 20.3 Å². The molecule has 0 spiro atoms. The Hall–Kier alpha value is -5.02. The first kappa shape index (κ1) is 29.1. The van der Waals surface area contributed by atoms with E-state index in [0.717, 1.165) is 59.6 Å². The predicted octanol–water partition coefficient (Wildman–Crippen LogP) is 6.10. The SMILES string of the molecule is CC(C)Nc1ncc2cc(-c3cccc(NC(=O)c4ccnc(N5CCN(C)CC5)c4)c3)c(OCc3ccccc3)cc2n1. The quantitative estimate of drug-likeness (QED) is 0.214. The summed E-state index contributed by atoms with van der Waals surface area (Å²) in [5.74, 6) is 1.92. The summed E-state index contributed by atoms with van der Waals surface area (Å²) in [5.41, 5.74) is 4.90. The molecule has 3 aromatic carbocycles. The minimum absolute atomic E-state index is 0.183. The Morgan fingerprint density at radius 1 is 0.932 bits per heavy atom. The highest BCUT2D eigenvalue weighted by Crippen LogP contribution is 2.36. The minimum Gasteiger partial charge on any atom is -0.488 e. The number of amides is 1. The normalized spacial score (nSPS) is 13.7. The maximum absolute atomic E-state index is 13.3. The molecule has 1 aliphatic rings. The third-order valence-corrected chi connectivity index (χ3v) is 7.60. The second kappa shape index (κ2) is 13.1. The fraction of sp³-hybridized carbons (Fsp3) is 0.257. The van der Waals surface area contributed by atoms with Gasteiger partial charge in [-0.3, -0.25) is 4.79 Å². The summed E-state index contributed by atoms with van der Waals surface area (Å²) in [6, 6.07) is 25.7. The molecule has 1 amide bonds. The summed E-state index contributed by atoms with van der Waals surface area (Å²) in [4.78, 5) is 31.6. The van der Waals surface area contributed by atoms with Gasteiger partial charge in [-0.15, -0.1) is 0 Å². The summed E-state index contributed by atoms with van der Waals surface area (Å²) in [6.45, 7) is 8.23. The number of carbonyl (C=O) groups is 1. The van der Waals surface area contributed by atoms with Crippen molar-refractivity contribution >= 4 is 34.3 Å². The van der Waals surface area contributed by atoms with Crippen molar-refractivity contribution in [2.24, 2.45) is 0 Å². The third kappa shape index (κ3) is 6.95. The average molecular weight is 588 g/mol. The standard InChI is InChI=1S/C35H37N7O2/c1-24(2)38-35-37-22-28-19-30(32(21-31(28)40-35)44-23-25-8-5-4-6-9-25)26-10-7-11-29(18-26)39-34(43)27-12-13-36-33(20-27)42-16-14-41(3)15-17-42/h4-13,18-22,24H,14-17,23H2,1-3H3,(H,39,43)(H,37,38,40). The van der Waals surface area contributed by atoms with Gasteiger partial charge in [-0.2, -0.15) is 0 Å². The van der Waals surface area contributed by atoms with E-state index in [0.29, 0.717) is 29.6 Å². The lowest BCUT2D eigenvalue weighted by Gasteiger charge is -2.33. The van der Waals surface area contributed by atoms with Crippen LogP contribution in [0.3, 0.4) is 0 Å². The van der Waals surface area contributed by atoms with Crippen LogP contribution in [0.15, 0.2) is 91.3 Å². The smallest absolute Gasteiger partial charge is 0.255 e. The van der Waals surface area contributed by atoms with Crippen molar-refractivity contribution in [3.63, 3.8) is 0 Å². The van der Waals surface area contributed by atoms with Gasteiger partial charge in [-0.05, 0) is 62.4 Å². The van der Waals surface area contributed by atoms with Crippen LogP contribution >= 0.6 is 0 Å². The Bertz CT molecular complexity index is 1750. The number of nitrogens with zero attached hydrogens (tertiary/aromatic N) is 5. The number of nitrogens with one attached hydrogen (secondary N) is 2. The summed E-state index contributed by atoms with van der Waals surface area (Å²) >= 11 is 0. The number of carbonyl (C=O) groups excluding carboxylic acids is 1. The van der Waals surface area contributed by atoms with Crippen molar-refractivity contribution in [2.75, 3.05) is 48.8 Å². The van der Waals surface area contributed by atoms with Crippen molar-refractivity contribution in [1.82, 2.24) is 19.9 Å². The fourth-order valence-electron chi connectivity index (χ4n) is 5.20. The molecule has 0 radical (unpaired) electrons. The zero-order valence-corrected chi connectivity index (χ0v) is 25.3. The Morgan fingerprint density at radius 2 is 1.75 bits per heavy atom. The van der Waals surface area contributed by atoms with Gasteiger partial charge in [0.2, 0.25) is 5.95 Å². The molecule has 0 atom stereocenters. The van der Waals surface area contributed by atoms with E-state index in [1.807, 2.05) is 79.0 Å². The summed E-state index contributed by atoms with van der Waals surface area (Å²) < 4.78 is 6.39. The number of piperazine rings is 1. The van der Waals surface area contributed by atoms with Gasteiger partial charge < -0.3 is 25.2 Å². The summed E-state index contributed by atoms with van der Waals surface area (Å²) in [6.07, 6.45) is 3.53. The van der Waals surface area contributed by atoms with Crippen LogP contribution in [-0.4, -0.2) is 65.0 Å². The van der Waals surface area contributed by atoms with Crippen molar-refractivity contribution in [3.8, 4) is 16.9 Å². The van der Waals surface area contributed by atoms with Gasteiger partial charge in [0.1, 0.15) is 18.2 Å². The second-order valence-electron chi connectivity index (χ2n) is 11.4. The Labute approximate surface area is 257 Å². The Morgan fingerprint density at radius 3 is 2.55 bits per heavy atom. The molecule has 6 rings (SSSR count). The van der Waals surface area contributed by atoms with Gasteiger partial charge in [-0.25, -0.2) is 15.0 Å². The zero-order valence-electron chi connectivity index (χ0n) is 25.3. The lowest BCUT2D eigenvalue weighted by molar-refractivity contribution is 0.102. The number of hydrogen-bond acceptors (Lipinski definition) is 8. The highest BCUT2D eigenvalue weighted by Gasteiger charge is 2.18. The number of anilines is 3. The molecule has 9 nitrogen and oxygen atoms in total. The van der Waals surface area contributed by atoms with Crippen LogP contribution in [0.2, 0.25) is 0 Å². The molecule has 0 saturated carbocycles. The molecular weight excluding hydrogens is 550 g/mol. The van der Waals surface area contributed by atoms with E-state index in [1.165, 1.54) is 0 Å². The first-order valence-corrected chi connectivity index (χ1v) is 15.0. The average Bonchev–Trinajstić information content (AvgIpc) is 3.04. The molecule has 5 aromatic rings. The van der Waals surface area contributed by atoms with Crippen LogP contribution in [0.1, 0.15) is 29.8 Å². The van der Waals surface area contributed by atoms with Gasteiger partial charge in [-0.1, -0.05) is 42.5 Å². The molecule has 3 heterocycles. The first-order valence-electron chi connectivity index (χ1n) is 15.0. The highest BCUT2D eigenvalue weighted by molar-refractivity contribution is 6.05. The molecule has 0 aliphatic carbocycles. The van der Waals surface area contributed by atoms with Crippen LogP contribution in [0.5, 0.6) is 5.75 Å². The fourth-order valence-corrected chi connectivity index (χ4v) is 5.20. The number of hydrogen-bond donors (Lipinski definition) is 2.